The number of carbonyl (C=O) groups is 1. The first kappa shape index (κ1) is 11.6. The van der Waals surface area contributed by atoms with E-state index in [-0.39, 0.29) is 0 Å². The zero-order valence-electron chi connectivity index (χ0n) is 9.34. The molecule has 17 heavy (non-hydrogen) atoms. The van der Waals surface area contributed by atoms with Crippen molar-refractivity contribution in [3.63, 3.8) is 0 Å². The summed E-state index contributed by atoms with van der Waals surface area (Å²) in [6.45, 7) is 2.28. The first-order valence-electron chi connectivity index (χ1n) is 5.09. The third-order valence-electron chi connectivity index (χ3n) is 2.19. The lowest BCUT2D eigenvalue weighted by Gasteiger charge is -2.07. The van der Waals surface area contributed by atoms with Crippen molar-refractivity contribution in [2.24, 2.45) is 5.73 Å². The second kappa shape index (κ2) is 4.97. The van der Waals surface area contributed by atoms with Gasteiger partial charge in [-0.1, -0.05) is 12.1 Å². The van der Waals surface area contributed by atoms with Gasteiger partial charge in [-0.2, -0.15) is 0 Å². The molecular weight excluding hydrogens is 236 g/mol. The quantitative estimate of drug-likeness (QED) is 0.901. The first-order valence-corrected chi connectivity index (χ1v) is 5.97. The number of aromatic nitrogens is 1. The maximum atomic E-state index is 11.2. The molecule has 1 aromatic heterocycles. The van der Waals surface area contributed by atoms with Gasteiger partial charge in [0.15, 0.2) is 0 Å². The lowest BCUT2D eigenvalue weighted by molar-refractivity contribution is 0.0996. The monoisotopic (exact) mass is 248 g/mol. The second-order valence-corrected chi connectivity index (χ2v) is 4.57. The van der Waals surface area contributed by atoms with Crippen molar-refractivity contribution in [1.82, 2.24) is 4.98 Å². The van der Waals surface area contributed by atoms with Crippen LogP contribution < -0.4 is 10.5 Å². The molecule has 0 atom stereocenters. The molecule has 0 saturated carbocycles. The SMILES string of the molecule is Cc1nc(COc2ccccc2C(N)=O)cs1. The van der Waals surface area contributed by atoms with Gasteiger partial charge < -0.3 is 10.5 Å². The van der Waals surface area contributed by atoms with E-state index in [4.69, 9.17) is 10.5 Å². The largest absolute Gasteiger partial charge is 0.486 e. The van der Waals surface area contributed by atoms with Gasteiger partial charge in [0.25, 0.3) is 5.91 Å². The van der Waals surface area contributed by atoms with Crippen LogP contribution >= 0.6 is 11.3 Å². The molecule has 0 spiro atoms. The molecule has 1 heterocycles. The highest BCUT2D eigenvalue weighted by Crippen LogP contribution is 2.19. The molecule has 0 unspecified atom stereocenters. The highest BCUT2D eigenvalue weighted by molar-refractivity contribution is 7.09. The van der Waals surface area contributed by atoms with Gasteiger partial charge in [0.2, 0.25) is 0 Å². The van der Waals surface area contributed by atoms with Crippen molar-refractivity contribution in [3.05, 3.63) is 45.9 Å². The number of aryl methyl sites for hydroxylation is 1. The van der Waals surface area contributed by atoms with Crippen LogP contribution in [-0.2, 0) is 6.61 Å². The Hall–Kier alpha value is -1.88. The normalized spacial score (nSPS) is 10.2. The number of hydrogen-bond donors (Lipinski definition) is 1. The summed E-state index contributed by atoms with van der Waals surface area (Å²) in [4.78, 5) is 15.4. The van der Waals surface area contributed by atoms with Crippen LogP contribution in [0.3, 0.4) is 0 Å². The topological polar surface area (TPSA) is 65.2 Å². The van der Waals surface area contributed by atoms with Crippen LogP contribution in [0.5, 0.6) is 5.75 Å². The summed E-state index contributed by atoms with van der Waals surface area (Å²) >= 11 is 1.57. The van der Waals surface area contributed by atoms with E-state index < -0.39 is 5.91 Å². The molecule has 1 aromatic carbocycles. The number of benzene rings is 1. The number of rotatable bonds is 4. The van der Waals surface area contributed by atoms with Gasteiger partial charge in [-0.3, -0.25) is 4.79 Å². The predicted molar refractivity (Wildman–Crippen MR) is 66.1 cm³/mol. The van der Waals surface area contributed by atoms with Gasteiger partial charge >= 0.3 is 0 Å². The molecule has 88 valence electrons. The van der Waals surface area contributed by atoms with Crippen molar-refractivity contribution in [2.75, 3.05) is 0 Å². The van der Waals surface area contributed by atoms with E-state index in [0.717, 1.165) is 10.7 Å². The third-order valence-corrected chi connectivity index (χ3v) is 3.02. The Labute approximate surface area is 103 Å². The molecule has 1 amide bonds. The zero-order chi connectivity index (χ0) is 12.3. The Morgan fingerprint density at radius 1 is 1.47 bits per heavy atom. The fourth-order valence-corrected chi connectivity index (χ4v) is 2.02. The summed E-state index contributed by atoms with van der Waals surface area (Å²) in [5, 5.41) is 2.93. The summed E-state index contributed by atoms with van der Waals surface area (Å²) in [5.41, 5.74) is 6.50. The zero-order valence-corrected chi connectivity index (χ0v) is 10.2. The number of hydrogen-bond acceptors (Lipinski definition) is 4. The van der Waals surface area contributed by atoms with Crippen LogP contribution in [0.2, 0.25) is 0 Å². The lowest BCUT2D eigenvalue weighted by Crippen LogP contribution is -2.12. The molecule has 2 aromatic rings. The fraction of sp³-hybridized carbons (Fsp3) is 0.167. The summed E-state index contributed by atoms with van der Waals surface area (Å²) < 4.78 is 5.54. The minimum atomic E-state index is -0.491. The maximum absolute atomic E-state index is 11.2. The molecular formula is C12H12N2O2S. The van der Waals surface area contributed by atoms with E-state index in [9.17, 15) is 4.79 Å². The Morgan fingerprint density at radius 2 is 2.24 bits per heavy atom. The molecule has 4 nitrogen and oxygen atoms in total. The minimum absolute atomic E-state index is 0.342. The summed E-state index contributed by atoms with van der Waals surface area (Å²) in [5.74, 6) is 0.000659. The average molecular weight is 248 g/mol. The van der Waals surface area contributed by atoms with Crippen LogP contribution in [0.1, 0.15) is 21.1 Å². The van der Waals surface area contributed by atoms with Crippen LogP contribution in [-0.4, -0.2) is 10.9 Å². The molecule has 0 saturated heterocycles. The minimum Gasteiger partial charge on any atom is -0.486 e. The maximum Gasteiger partial charge on any atom is 0.252 e. The third kappa shape index (κ3) is 2.82. The van der Waals surface area contributed by atoms with E-state index in [1.54, 1.807) is 35.6 Å². The Kier molecular flexibility index (Phi) is 3.39. The Morgan fingerprint density at radius 3 is 2.88 bits per heavy atom. The lowest BCUT2D eigenvalue weighted by atomic mass is 10.2. The van der Waals surface area contributed by atoms with Gasteiger partial charge in [0.1, 0.15) is 12.4 Å². The highest BCUT2D eigenvalue weighted by Gasteiger charge is 2.08. The van der Waals surface area contributed by atoms with Crippen LogP contribution in [0, 0.1) is 6.92 Å². The molecule has 2 N–H and O–H groups in total. The average Bonchev–Trinajstić information content (AvgIpc) is 2.73. The van der Waals surface area contributed by atoms with E-state index in [0.29, 0.717) is 17.9 Å². The number of nitrogens with zero attached hydrogens (tertiary/aromatic N) is 1. The predicted octanol–water partition coefficient (Wildman–Crippen LogP) is 2.13. The second-order valence-electron chi connectivity index (χ2n) is 3.51. The molecule has 0 aliphatic carbocycles. The van der Waals surface area contributed by atoms with Gasteiger partial charge in [-0.25, -0.2) is 4.98 Å². The number of ether oxygens (including phenoxy) is 1. The molecule has 5 heteroatoms. The molecule has 2 rings (SSSR count). The fourth-order valence-electron chi connectivity index (χ4n) is 1.42. The Bertz CT molecular complexity index is 537. The van der Waals surface area contributed by atoms with Crippen molar-refractivity contribution in [1.29, 1.82) is 0 Å². The van der Waals surface area contributed by atoms with Gasteiger partial charge in [0, 0.05) is 5.38 Å². The van der Waals surface area contributed by atoms with Crippen molar-refractivity contribution in [2.45, 2.75) is 13.5 Å². The number of primary amides is 1. The summed E-state index contributed by atoms with van der Waals surface area (Å²) in [6.07, 6.45) is 0. The van der Waals surface area contributed by atoms with E-state index >= 15 is 0 Å². The summed E-state index contributed by atoms with van der Waals surface area (Å²) in [7, 11) is 0. The van der Waals surface area contributed by atoms with Crippen LogP contribution in [0.15, 0.2) is 29.6 Å². The van der Waals surface area contributed by atoms with Gasteiger partial charge in [-0.15, -0.1) is 11.3 Å². The van der Waals surface area contributed by atoms with E-state index in [2.05, 4.69) is 4.98 Å². The van der Waals surface area contributed by atoms with E-state index in [1.165, 1.54) is 0 Å². The number of amides is 1. The molecule has 0 aliphatic heterocycles. The van der Waals surface area contributed by atoms with Crippen molar-refractivity contribution < 1.29 is 9.53 Å². The van der Waals surface area contributed by atoms with Crippen LogP contribution in [0.4, 0.5) is 0 Å². The molecule has 0 bridgehead atoms. The number of thiazole rings is 1. The molecule has 0 aliphatic rings. The highest BCUT2D eigenvalue weighted by atomic mass is 32.1. The van der Waals surface area contributed by atoms with E-state index in [1.807, 2.05) is 12.3 Å². The number of nitrogens with two attached hydrogens (primary N) is 1. The first-order chi connectivity index (χ1) is 8.16. The van der Waals surface area contributed by atoms with Crippen molar-refractivity contribution in [3.8, 4) is 5.75 Å². The van der Waals surface area contributed by atoms with Gasteiger partial charge in [-0.05, 0) is 19.1 Å². The Balaban J connectivity index is 2.11. The number of carbonyl (C=O) groups excluding carboxylic acids is 1. The molecule has 0 fully saturated rings. The van der Waals surface area contributed by atoms with Crippen molar-refractivity contribution >= 4 is 17.2 Å². The molecule has 0 radical (unpaired) electrons. The van der Waals surface area contributed by atoms with Crippen LogP contribution in [0.25, 0.3) is 0 Å². The number of para-hydroxylation sites is 1. The van der Waals surface area contributed by atoms with Gasteiger partial charge in [0.05, 0.1) is 16.3 Å². The smallest absolute Gasteiger partial charge is 0.252 e. The standard InChI is InChI=1S/C12H12N2O2S/c1-8-14-9(7-17-8)6-16-11-5-3-2-4-10(11)12(13)15/h2-5,7H,6H2,1H3,(H2,13,15). The summed E-state index contributed by atoms with van der Waals surface area (Å²) in [6, 6.07) is 6.91.